The minimum atomic E-state index is -3.06. The first-order chi connectivity index (χ1) is 9.44. The van der Waals surface area contributed by atoms with Gasteiger partial charge in [-0.1, -0.05) is 6.07 Å². The van der Waals surface area contributed by atoms with Gasteiger partial charge in [0, 0.05) is 13.1 Å². The van der Waals surface area contributed by atoms with Crippen molar-refractivity contribution in [2.75, 3.05) is 34.9 Å². The van der Waals surface area contributed by atoms with Gasteiger partial charge in [-0.3, -0.25) is 16.0 Å². The first-order valence-electron chi connectivity index (χ1n) is 6.14. The van der Waals surface area contributed by atoms with Gasteiger partial charge in [-0.15, -0.1) is 0 Å². The van der Waals surface area contributed by atoms with E-state index in [1.54, 1.807) is 17.0 Å². The number of nitrogens with one attached hydrogen (secondary N) is 1. The average Bonchev–Trinajstić information content (AvgIpc) is 2.58. The van der Waals surface area contributed by atoms with Gasteiger partial charge in [0.1, 0.15) is 11.4 Å². The number of nitro benzene ring substituents is 1. The van der Waals surface area contributed by atoms with Crippen LogP contribution in [-0.4, -0.2) is 37.9 Å². The van der Waals surface area contributed by atoms with Crippen LogP contribution in [0.2, 0.25) is 0 Å². The van der Waals surface area contributed by atoms with E-state index >= 15 is 0 Å². The number of anilines is 2. The van der Waals surface area contributed by atoms with Crippen LogP contribution in [0.15, 0.2) is 18.2 Å². The van der Waals surface area contributed by atoms with Gasteiger partial charge >= 0.3 is 5.69 Å². The Morgan fingerprint density at radius 1 is 1.30 bits per heavy atom. The summed E-state index contributed by atoms with van der Waals surface area (Å²) in [4.78, 5) is 12.4. The maximum Gasteiger partial charge on any atom is 0.316 e. The van der Waals surface area contributed by atoms with Crippen molar-refractivity contribution in [3.05, 3.63) is 28.3 Å². The number of nitro groups is 1. The van der Waals surface area contributed by atoms with E-state index in [4.69, 9.17) is 5.84 Å². The van der Waals surface area contributed by atoms with Gasteiger partial charge in [0.2, 0.25) is 0 Å². The third-order valence-electron chi connectivity index (χ3n) is 3.25. The summed E-state index contributed by atoms with van der Waals surface area (Å²) in [6.45, 7) is 0.714. The van der Waals surface area contributed by atoms with Crippen LogP contribution in [0, 0.1) is 10.1 Å². The highest BCUT2D eigenvalue weighted by Crippen LogP contribution is 2.35. The molecule has 20 heavy (non-hydrogen) atoms. The second kappa shape index (κ2) is 5.63. The highest BCUT2D eigenvalue weighted by molar-refractivity contribution is 7.91. The molecule has 0 bridgehead atoms. The molecule has 0 unspecified atom stereocenters. The van der Waals surface area contributed by atoms with Crippen molar-refractivity contribution in [1.29, 1.82) is 0 Å². The van der Waals surface area contributed by atoms with Gasteiger partial charge in [-0.2, -0.15) is 0 Å². The molecule has 0 atom stereocenters. The number of nitrogens with two attached hydrogens (primary N) is 1. The Bertz CT molecular complexity index is 617. The van der Waals surface area contributed by atoms with E-state index in [2.05, 4.69) is 5.43 Å². The van der Waals surface area contributed by atoms with E-state index < -0.39 is 14.8 Å². The van der Waals surface area contributed by atoms with E-state index in [9.17, 15) is 18.5 Å². The highest BCUT2D eigenvalue weighted by Gasteiger charge is 2.26. The van der Waals surface area contributed by atoms with Crippen LogP contribution in [0.25, 0.3) is 0 Å². The molecule has 1 heterocycles. The number of nitrogen functional groups attached to an aromatic ring is 1. The number of hydrazine groups is 1. The molecule has 0 saturated carbocycles. The van der Waals surface area contributed by atoms with E-state index in [0.717, 1.165) is 0 Å². The standard InChI is InChI=1S/C11H16N4O4S/c12-13-9-3-1-4-10(11(9)15(16)17)14-5-2-7-20(18,19)8-6-14/h1,3-4,13H,2,5-8,12H2. The van der Waals surface area contributed by atoms with Crippen LogP contribution in [0.3, 0.4) is 0 Å². The van der Waals surface area contributed by atoms with Crippen LogP contribution in [-0.2, 0) is 9.84 Å². The maximum absolute atomic E-state index is 11.6. The highest BCUT2D eigenvalue weighted by atomic mass is 32.2. The lowest BCUT2D eigenvalue weighted by Gasteiger charge is -2.22. The minimum absolute atomic E-state index is 0.00440. The monoisotopic (exact) mass is 300 g/mol. The fourth-order valence-corrected chi connectivity index (χ4v) is 3.55. The number of rotatable bonds is 3. The van der Waals surface area contributed by atoms with Crippen molar-refractivity contribution in [1.82, 2.24) is 0 Å². The molecule has 1 aliphatic heterocycles. The Hall–Kier alpha value is -1.87. The van der Waals surface area contributed by atoms with Crippen molar-refractivity contribution >= 4 is 26.9 Å². The van der Waals surface area contributed by atoms with Crippen LogP contribution < -0.4 is 16.2 Å². The fourth-order valence-electron chi connectivity index (χ4n) is 2.27. The SMILES string of the molecule is NNc1cccc(N2CCCS(=O)(=O)CC2)c1[N+](=O)[O-]. The molecule has 1 aliphatic rings. The predicted molar refractivity (Wildman–Crippen MR) is 76.4 cm³/mol. The van der Waals surface area contributed by atoms with Gasteiger partial charge in [-0.05, 0) is 18.6 Å². The molecule has 1 fully saturated rings. The summed E-state index contributed by atoms with van der Waals surface area (Å²) in [6, 6.07) is 4.77. The normalized spacial score (nSPS) is 18.4. The zero-order valence-corrected chi connectivity index (χ0v) is 11.6. The second-order valence-corrected chi connectivity index (χ2v) is 6.87. The van der Waals surface area contributed by atoms with Crippen molar-refractivity contribution in [3.8, 4) is 0 Å². The van der Waals surface area contributed by atoms with Gasteiger partial charge in [0.15, 0.2) is 9.84 Å². The molecule has 110 valence electrons. The van der Waals surface area contributed by atoms with Crippen LogP contribution in [0.5, 0.6) is 0 Å². The lowest BCUT2D eigenvalue weighted by Crippen LogP contribution is -2.27. The first kappa shape index (κ1) is 14.5. The number of sulfone groups is 1. The van der Waals surface area contributed by atoms with Crippen LogP contribution >= 0.6 is 0 Å². The molecule has 0 spiro atoms. The number of para-hydroxylation sites is 1. The van der Waals surface area contributed by atoms with E-state index in [0.29, 0.717) is 18.7 Å². The number of hydrogen-bond donors (Lipinski definition) is 2. The van der Waals surface area contributed by atoms with E-state index in [-0.39, 0.29) is 29.4 Å². The average molecular weight is 300 g/mol. The molecule has 0 amide bonds. The Morgan fingerprint density at radius 2 is 2.05 bits per heavy atom. The molecule has 8 nitrogen and oxygen atoms in total. The van der Waals surface area contributed by atoms with Crippen molar-refractivity contribution in [3.63, 3.8) is 0 Å². The van der Waals surface area contributed by atoms with Crippen LogP contribution in [0.1, 0.15) is 6.42 Å². The summed E-state index contributed by atoms with van der Waals surface area (Å²) >= 11 is 0. The van der Waals surface area contributed by atoms with Crippen LogP contribution in [0.4, 0.5) is 17.1 Å². The minimum Gasteiger partial charge on any atom is -0.365 e. The third-order valence-corrected chi connectivity index (χ3v) is 4.96. The van der Waals surface area contributed by atoms with Crippen molar-refractivity contribution < 1.29 is 13.3 Å². The summed E-state index contributed by atoms with van der Waals surface area (Å²) < 4.78 is 23.2. The summed E-state index contributed by atoms with van der Waals surface area (Å²) in [5, 5.41) is 11.2. The summed E-state index contributed by atoms with van der Waals surface area (Å²) in [6.07, 6.45) is 0.458. The molecule has 3 N–H and O–H groups in total. The van der Waals surface area contributed by atoms with Crippen molar-refractivity contribution in [2.24, 2.45) is 5.84 Å². The van der Waals surface area contributed by atoms with E-state index in [1.165, 1.54) is 6.07 Å². The molecule has 2 rings (SSSR count). The molecule has 9 heteroatoms. The Balaban J connectivity index is 2.39. The summed E-state index contributed by atoms with van der Waals surface area (Å²) in [7, 11) is -3.06. The summed E-state index contributed by atoms with van der Waals surface area (Å²) in [5.41, 5.74) is 2.77. The third kappa shape index (κ3) is 2.99. The lowest BCUT2D eigenvalue weighted by molar-refractivity contribution is -0.383. The number of nitrogens with zero attached hydrogens (tertiary/aromatic N) is 2. The Morgan fingerprint density at radius 3 is 2.70 bits per heavy atom. The molecule has 1 aromatic rings. The zero-order valence-electron chi connectivity index (χ0n) is 10.8. The largest absolute Gasteiger partial charge is 0.365 e. The van der Waals surface area contributed by atoms with Gasteiger partial charge in [0.25, 0.3) is 0 Å². The second-order valence-electron chi connectivity index (χ2n) is 4.57. The van der Waals surface area contributed by atoms with Gasteiger partial charge in [-0.25, -0.2) is 8.42 Å². The molecule has 0 radical (unpaired) electrons. The summed E-state index contributed by atoms with van der Waals surface area (Å²) in [5.74, 6) is 5.41. The number of hydrogen-bond acceptors (Lipinski definition) is 7. The molecule has 1 aromatic carbocycles. The van der Waals surface area contributed by atoms with Crippen molar-refractivity contribution in [2.45, 2.75) is 6.42 Å². The van der Waals surface area contributed by atoms with Gasteiger partial charge in [0.05, 0.1) is 16.4 Å². The fraction of sp³-hybridized carbons (Fsp3) is 0.455. The molecule has 1 saturated heterocycles. The van der Waals surface area contributed by atoms with E-state index in [1.807, 2.05) is 0 Å². The Labute approximate surface area is 116 Å². The zero-order chi connectivity index (χ0) is 14.8. The molecular formula is C11H16N4O4S. The Kier molecular flexibility index (Phi) is 4.09. The predicted octanol–water partition coefficient (Wildman–Crippen LogP) is 0.505. The smallest absolute Gasteiger partial charge is 0.316 e. The molecule has 0 aliphatic carbocycles. The molecular weight excluding hydrogens is 284 g/mol. The topological polar surface area (TPSA) is 119 Å². The lowest BCUT2D eigenvalue weighted by atomic mass is 10.2. The molecule has 0 aromatic heterocycles. The maximum atomic E-state index is 11.6. The quantitative estimate of drug-likeness (QED) is 0.474. The first-order valence-corrected chi connectivity index (χ1v) is 7.96. The van der Waals surface area contributed by atoms with Gasteiger partial charge < -0.3 is 10.3 Å². The number of benzene rings is 1.